The van der Waals surface area contributed by atoms with E-state index in [1.165, 1.54) is 128 Å². The molecule has 0 aromatic carbocycles. The Balaban J connectivity index is 4.28. The van der Waals surface area contributed by atoms with Crippen LogP contribution in [-0.4, -0.2) is 73.4 Å². The minimum atomic E-state index is -4.37. The quantitative estimate of drug-likeness (QED) is 0.0243. The van der Waals surface area contributed by atoms with E-state index in [2.05, 4.69) is 129 Å². The number of likely N-dealkylation sites (N-methyl/N-ethyl adjacent to an activating group) is 1. The van der Waals surface area contributed by atoms with Crippen molar-refractivity contribution in [2.24, 2.45) is 0 Å². The molecule has 0 heterocycles. The molecule has 0 aliphatic carbocycles. The smallest absolute Gasteiger partial charge is 0.387 e. The fourth-order valence-electron chi connectivity index (χ4n) is 8.35. The van der Waals surface area contributed by atoms with Crippen LogP contribution in [0.5, 0.6) is 0 Å². The maximum Gasteiger partial charge on any atom is 0.472 e. The molecule has 0 aromatic rings. The molecule has 0 rings (SSSR count). The fourth-order valence-corrected chi connectivity index (χ4v) is 9.08. The Kier molecular flexibility index (Phi) is 54.3. The molecule has 0 aliphatic rings. The number of carbonyl (C=O) groups is 1. The van der Waals surface area contributed by atoms with Gasteiger partial charge < -0.3 is 19.8 Å². The predicted octanol–water partition coefficient (Wildman–Crippen LogP) is 19.3. The summed E-state index contributed by atoms with van der Waals surface area (Å²) in [5.41, 5.74) is 0. The van der Waals surface area contributed by atoms with Crippen molar-refractivity contribution in [2.75, 3.05) is 40.9 Å². The highest BCUT2D eigenvalue weighted by Gasteiger charge is 2.27. The molecule has 0 aromatic heterocycles. The van der Waals surface area contributed by atoms with Crippen LogP contribution in [0.3, 0.4) is 0 Å². The Morgan fingerprint density at radius 3 is 1.21 bits per heavy atom. The van der Waals surface area contributed by atoms with E-state index < -0.39 is 20.0 Å². The summed E-state index contributed by atoms with van der Waals surface area (Å²) in [5.74, 6) is -0.201. The van der Waals surface area contributed by atoms with Crippen molar-refractivity contribution in [1.29, 1.82) is 0 Å². The van der Waals surface area contributed by atoms with Crippen molar-refractivity contribution < 1.29 is 32.9 Å². The number of nitrogens with one attached hydrogen (secondary N) is 1. The SMILES string of the molecule is CC/C=C\C/C=C\C/C=C\C/C=C\C/C=C\C/C=C\C/C=C\CCCCCCCCCCCC(=O)NC(COP(=O)(O)OCC[N+](C)(C)C)C(O)/C=C/CC/C=C/CC/C=C/CCCCCCCCCCCCCCC. The van der Waals surface area contributed by atoms with Gasteiger partial charge in [-0.2, -0.15) is 0 Å². The Hall–Kier alpha value is -3.10. The van der Waals surface area contributed by atoms with Crippen molar-refractivity contribution in [3.63, 3.8) is 0 Å². The normalized spacial score (nSPS) is 14.7. The second-order valence-corrected chi connectivity index (χ2v) is 23.1. The largest absolute Gasteiger partial charge is 0.472 e. The third-order valence-corrected chi connectivity index (χ3v) is 14.1. The van der Waals surface area contributed by atoms with Crippen molar-refractivity contribution in [3.05, 3.63) is 122 Å². The van der Waals surface area contributed by atoms with Crippen LogP contribution in [0.2, 0.25) is 0 Å². The standard InChI is InChI=1S/C67H117N2O6P/c1-6-8-10-12-14-16-18-20-22-24-26-28-30-31-32-33-34-35-36-37-39-41-43-45-47-49-51-53-55-57-59-61-67(71)68-65(64-75-76(72,73)74-63-62-69(3,4)5)66(70)60-58-56-54-52-50-48-46-44-42-40-38-29-27-25-23-21-19-17-15-13-11-9-7-2/h8,10,14,16,20,22,26,28,31-32,34-35,37,39,42,44,50,52,58,60,65-66,70H,6-7,9,11-13,15,17-19,21,23-25,27,29-30,33,36,38,40-41,43,45-49,51,53-57,59,61-64H2,1-5H3,(H-,68,71,72,73)/p+1/b10-8-,16-14-,22-20-,28-26-,32-31-,35-34-,39-37-,44-42+,52-50+,60-58+. The topological polar surface area (TPSA) is 105 Å². The highest BCUT2D eigenvalue weighted by molar-refractivity contribution is 7.47. The van der Waals surface area contributed by atoms with Crippen molar-refractivity contribution in [2.45, 2.75) is 257 Å². The number of phosphoric acid groups is 1. The fraction of sp³-hybridized carbons (Fsp3) is 0.687. The zero-order valence-electron chi connectivity index (χ0n) is 49.7. The lowest BCUT2D eigenvalue weighted by atomic mass is 10.0. The van der Waals surface area contributed by atoms with Gasteiger partial charge in [-0.1, -0.05) is 257 Å². The lowest BCUT2D eigenvalue weighted by Crippen LogP contribution is -2.45. The van der Waals surface area contributed by atoms with E-state index in [4.69, 9.17) is 9.05 Å². The summed E-state index contributed by atoms with van der Waals surface area (Å²) in [6.45, 7) is 4.67. The van der Waals surface area contributed by atoms with Crippen molar-refractivity contribution >= 4 is 13.7 Å². The molecule has 76 heavy (non-hydrogen) atoms. The number of amides is 1. The van der Waals surface area contributed by atoms with Crippen LogP contribution in [0.15, 0.2) is 122 Å². The summed E-state index contributed by atoms with van der Waals surface area (Å²) in [6.07, 6.45) is 84.5. The monoisotopic (exact) mass is 1080 g/mol. The predicted molar refractivity (Wildman–Crippen MR) is 332 cm³/mol. The van der Waals surface area contributed by atoms with Gasteiger partial charge in [-0.05, 0) is 103 Å². The molecule has 1 amide bonds. The molecule has 0 saturated heterocycles. The van der Waals surface area contributed by atoms with Gasteiger partial charge in [-0.25, -0.2) is 4.57 Å². The highest BCUT2D eigenvalue weighted by Crippen LogP contribution is 2.43. The van der Waals surface area contributed by atoms with Crippen LogP contribution >= 0.6 is 7.82 Å². The molecule has 8 nitrogen and oxygen atoms in total. The Morgan fingerprint density at radius 1 is 0.461 bits per heavy atom. The second-order valence-electron chi connectivity index (χ2n) is 21.7. The molecule has 3 atom stereocenters. The second kappa shape index (κ2) is 56.6. The minimum absolute atomic E-state index is 0.0461. The van der Waals surface area contributed by atoms with E-state index in [1.807, 2.05) is 27.2 Å². The zero-order valence-corrected chi connectivity index (χ0v) is 50.6. The van der Waals surface area contributed by atoms with Gasteiger partial charge in [0.15, 0.2) is 0 Å². The third kappa shape index (κ3) is 58.6. The molecule has 9 heteroatoms. The van der Waals surface area contributed by atoms with Gasteiger partial charge in [-0.15, -0.1) is 0 Å². The number of hydrogen-bond acceptors (Lipinski definition) is 5. The summed E-state index contributed by atoms with van der Waals surface area (Å²) in [6, 6.07) is -0.883. The number of aliphatic hydroxyl groups is 1. The van der Waals surface area contributed by atoms with Gasteiger partial charge in [0.1, 0.15) is 13.2 Å². The third-order valence-electron chi connectivity index (χ3n) is 13.1. The van der Waals surface area contributed by atoms with E-state index in [0.717, 1.165) is 96.3 Å². The lowest BCUT2D eigenvalue weighted by Gasteiger charge is -2.25. The summed E-state index contributed by atoms with van der Waals surface area (Å²) in [4.78, 5) is 23.3. The number of carbonyl (C=O) groups excluding carboxylic acids is 1. The van der Waals surface area contributed by atoms with Crippen LogP contribution in [0.25, 0.3) is 0 Å². The van der Waals surface area contributed by atoms with Gasteiger partial charge in [-0.3, -0.25) is 13.8 Å². The number of allylic oxidation sites excluding steroid dienone is 19. The first kappa shape index (κ1) is 72.9. The summed E-state index contributed by atoms with van der Waals surface area (Å²) >= 11 is 0. The average Bonchev–Trinajstić information content (AvgIpc) is 3.38. The van der Waals surface area contributed by atoms with E-state index in [9.17, 15) is 19.4 Å². The summed E-state index contributed by atoms with van der Waals surface area (Å²) < 4.78 is 23.7. The molecule has 436 valence electrons. The summed E-state index contributed by atoms with van der Waals surface area (Å²) in [7, 11) is 1.53. The number of nitrogens with zero attached hydrogens (tertiary/aromatic N) is 1. The first-order chi connectivity index (χ1) is 37.0. The van der Waals surface area contributed by atoms with Crippen molar-refractivity contribution in [1.82, 2.24) is 5.32 Å². The number of rotatable bonds is 55. The molecule has 0 radical (unpaired) electrons. The molecule has 0 fully saturated rings. The Labute approximate surface area is 469 Å². The maximum atomic E-state index is 13.0. The van der Waals surface area contributed by atoms with Gasteiger partial charge in [0.05, 0.1) is 39.9 Å². The molecule has 0 bridgehead atoms. The zero-order chi connectivity index (χ0) is 55.6. The Bertz CT molecular complexity index is 1650. The van der Waals surface area contributed by atoms with E-state index >= 15 is 0 Å². The maximum absolute atomic E-state index is 13.0. The van der Waals surface area contributed by atoms with E-state index in [0.29, 0.717) is 17.4 Å². The highest BCUT2D eigenvalue weighted by atomic mass is 31.2. The number of phosphoric ester groups is 1. The van der Waals surface area contributed by atoms with E-state index in [1.54, 1.807) is 6.08 Å². The lowest BCUT2D eigenvalue weighted by molar-refractivity contribution is -0.870. The van der Waals surface area contributed by atoms with Crippen LogP contribution in [0.1, 0.15) is 245 Å². The van der Waals surface area contributed by atoms with E-state index in [-0.39, 0.29) is 19.1 Å². The van der Waals surface area contributed by atoms with Crippen LogP contribution in [0, 0.1) is 0 Å². The average molecular weight is 1080 g/mol. The van der Waals surface area contributed by atoms with Crippen LogP contribution in [0.4, 0.5) is 0 Å². The van der Waals surface area contributed by atoms with Gasteiger partial charge in [0.2, 0.25) is 5.91 Å². The van der Waals surface area contributed by atoms with Gasteiger partial charge in [0.25, 0.3) is 0 Å². The molecular weight excluding hydrogens is 960 g/mol. The van der Waals surface area contributed by atoms with Gasteiger partial charge >= 0.3 is 7.82 Å². The Morgan fingerprint density at radius 2 is 0.803 bits per heavy atom. The van der Waals surface area contributed by atoms with Crippen LogP contribution in [-0.2, 0) is 18.4 Å². The van der Waals surface area contributed by atoms with Crippen LogP contribution < -0.4 is 5.32 Å². The number of hydrogen-bond donors (Lipinski definition) is 3. The molecule has 3 N–H and O–H groups in total. The molecule has 0 spiro atoms. The number of unbranched alkanes of at least 4 members (excludes halogenated alkanes) is 24. The number of quaternary nitrogens is 1. The summed E-state index contributed by atoms with van der Waals surface area (Å²) in [5, 5.41) is 13.9. The first-order valence-corrected chi connectivity index (χ1v) is 32.4. The molecule has 3 unspecified atom stereocenters. The molecule has 0 saturated carbocycles. The molecular formula is C67H118N2O6P+. The number of aliphatic hydroxyl groups excluding tert-OH is 1. The van der Waals surface area contributed by atoms with Gasteiger partial charge in [0, 0.05) is 6.42 Å². The minimum Gasteiger partial charge on any atom is -0.387 e. The molecule has 0 aliphatic heterocycles. The first-order valence-electron chi connectivity index (χ1n) is 30.9. The van der Waals surface area contributed by atoms with Crippen molar-refractivity contribution in [3.8, 4) is 0 Å².